The minimum atomic E-state index is -3.44. The molecule has 3 rings (SSSR count). The van der Waals surface area contributed by atoms with Gasteiger partial charge in [0, 0.05) is 31.6 Å². The van der Waals surface area contributed by atoms with Crippen LogP contribution in [0.1, 0.15) is 31.2 Å². The van der Waals surface area contributed by atoms with Crippen LogP contribution in [0.25, 0.3) is 0 Å². The van der Waals surface area contributed by atoms with E-state index in [0.717, 1.165) is 31.2 Å². The Morgan fingerprint density at radius 3 is 1.88 bits per heavy atom. The fourth-order valence-corrected chi connectivity index (χ4v) is 4.00. The molecule has 1 saturated carbocycles. The van der Waals surface area contributed by atoms with Crippen molar-refractivity contribution >= 4 is 10.0 Å². The van der Waals surface area contributed by atoms with Crippen LogP contribution in [0.15, 0.2) is 65.6 Å². The standard InChI is InChI=1S/C13H20N2O2S.C6H6.Ru/c1-10-6-8-11(9-7-10)18(16,17)15-13-5-3-2-4-12(13)14;1-2-4-6-5-3-1;/h6-9,12-13,15H,2-5,14H2,1H3;1-6H;/t12-,13-;;/m0../s1. The molecule has 3 N–H and O–H groups in total. The minimum Gasteiger partial charge on any atom is -0.326 e. The molecule has 0 amide bonds. The molecule has 1 aliphatic carbocycles. The largest absolute Gasteiger partial charge is 0.326 e. The molecular weight excluding hydrogens is 421 g/mol. The Bertz CT molecular complexity index is 679. The van der Waals surface area contributed by atoms with Crippen LogP contribution in [0.3, 0.4) is 0 Å². The molecule has 25 heavy (non-hydrogen) atoms. The van der Waals surface area contributed by atoms with Gasteiger partial charge in [-0.05, 0) is 31.9 Å². The maximum absolute atomic E-state index is 12.2. The minimum absolute atomic E-state index is 0. The first-order valence-electron chi connectivity index (χ1n) is 8.33. The van der Waals surface area contributed by atoms with Crippen molar-refractivity contribution in [3.05, 3.63) is 66.2 Å². The number of hydrogen-bond donors (Lipinski definition) is 2. The molecule has 0 heterocycles. The van der Waals surface area contributed by atoms with Gasteiger partial charge in [-0.2, -0.15) is 0 Å². The van der Waals surface area contributed by atoms with E-state index in [1.54, 1.807) is 24.3 Å². The molecule has 0 aromatic heterocycles. The molecule has 138 valence electrons. The quantitative estimate of drug-likeness (QED) is 0.710. The van der Waals surface area contributed by atoms with Crippen molar-refractivity contribution in [3.8, 4) is 0 Å². The smallest absolute Gasteiger partial charge is 0.240 e. The Morgan fingerprint density at radius 2 is 1.40 bits per heavy atom. The van der Waals surface area contributed by atoms with Crippen molar-refractivity contribution in [2.75, 3.05) is 0 Å². The molecule has 0 bridgehead atoms. The molecule has 1 fully saturated rings. The van der Waals surface area contributed by atoms with Crippen molar-refractivity contribution < 1.29 is 27.9 Å². The van der Waals surface area contributed by atoms with Crippen LogP contribution in [0, 0.1) is 6.92 Å². The van der Waals surface area contributed by atoms with E-state index in [1.807, 2.05) is 43.3 Å². The summed E-state index contributed by atoms with van der Waals surface area (Å²) in [5.41, 5.74) is 7.01. The van der Waals surface area contributed by atoms with E-state index in [4.69, 9.17) is 5.73 Å². The molecular formula is C19H26N2O2RuS. The van der Waals surface area contributed by atoms with Crippen molar-refractivity contribution in [2.24, 2.45) is 5.73 Å². The maximum Gasteiger partial charge on any atom is 0.240 e. The zero-order valence-electron chi connectivity index (χ0n) is 14.4. The van der Waals surface area contributed by atoms with Crippen molar-refractivity contribution in [1.82, 2.24) is 4.72 Å². The van der Waals surface area contributed by atoms with Gasteiger partial charge in [-0.15, -0.1) is 0 Å². The van der Waals surface area contributed by atoms with Crippen LogP contribution in [0.4, 0.5) is 0 Å². The molecule has 4 nitrogen and oxygen atoms in total. The molecule has 6 heteroatoms. The SMILES string of the molecule is Cc1ccc(S(=O)(=O)N[C@H]2CCCC[C@@H]2N)cc1.[Ru].c1ccccc1. The zero-order valence-corrected chi connectivity index (χ0v) is 17.0. The van der Waals surface area contributed by atoms with Crippen LogP contribution in [0.2, 0.25) is 0 Å². The molecule has 0 aliphatic heterocycles. The van der Waals surface area contributed by atoms with Gasteiger partial charge < -0.3 is 5.73 Å². The molecule has 0 unspecified atom stereocenters. The summed E-state index contributed by atoms with van der Waals surface area (Å²) in [6, 6.07) is 18.7. The van der Waals surface area contributed by atoms with Crippen LogP contribution in [-0.4, -0.2) is 20.5 Å². The molecule has 0 radical (unpaired) electrons. The van der Waals surface area contributed by atoms with Gasteiger partial charge in [0.2, 0.25) is 10.0 Å². The predicted molar refractivity (Wildman–Crippen MR) is 98.2 cm³/mol. The van der Waals surface area contributed by atoms with Crippen LogP contribution in [-0.2, 0) is 29.5 Å². The van der Waals surface area contributed by atoms with Gasteiger partial charge in [0.15, 0.2) is 0 Å². The van der Waals surface area contributed by atoms with Gasteiger partial charge in [0.1, 0.15) is 0 Å². The fourth-order valence-electron chi connectivity index (χ4n) is 2.68. The summed E-state index contributed by atoms with van der Waals surface area (Å²) in [5.74, 6) is 0. The van der Waals surface area contributed by atoms with E-state index in [2.05, 4.69) is 4.72 Å². The molecule has 2 aromatic rings. The Morgan fingerprint density at radius 1 is 0.920 bits per heavy atom. The second-order valence-electron chi connectivity index (χ2n) is 6.14. The monoisotopic (exact) mass is 448 g/mol. The number of benzene rings is 2. The summed E-state index contributed by atoms with van der Waals surface area (Å²) in [6.07, 6.45) is 3.84. The summed E-state index contributed by atoms with van der Waals surface area (Å²) in [6.45, 7) is 1.93. The Balaban J connectivity index is 0.000000379. The third-order valence-electron chi connectivity index (χ3n) is 4.12. The van der Waals surface area contributed by atoms with E-state index in [1.165, 1.54) is 0 Å². The van der Waals surface area contributed by atoms with Crippen LogP contribution >= 0.6 is 0 Å². The summed E-state index contributed by atoms with van der Waals surface area (Å²) >= 11 is 0. The third-order valence-corrected chi connectivity index (χ3v) is 5.63. The molecule has 0 saturated heterocycles. The van der Waals surface area contributed by atoms with E-state index in [9.17, 15) is 8.42 Å². The first kappa shape index (κ1) is 22.0. The third kappa shape index (κ3) is 7.37. The van der Waals surface area contributed by atoms with Gasteiger partial charge in [0.25, 0.3) is 0 Å². The van der Waals surface area contributed by atoms with Crippen molar-refractivity contribution in [2.45, 2.75) is 49.6 Å². The molecule has 2 atom stereocenters. The summed E-state index contributed by atoms with van der Waals surface area (Å²) in [4.78, 5) is 0.311. The molecule has 0 spiro atoms. The predicted octanol–water partition coefficient (Wildman–Crippen LogP) is 3.23. The Hall–Kier alpha value is -1.07. The molecule has 1 aliphatic rings. The average molecular weight is 448 g/mol. The number of nitrogens with one attached hydrogen (secondary N) is 1. The Kier molecular flexibility index (Phi) is 9.51. The van der Waals surface area contributed by atoms with Gasteiger partial charge in [-0.1, -0.05) is 66.9 Å². The van der Waals surface area contributed by atoms with Gasteiger partial charge >= 0.3 is 0 Å². The first-order valence-corrected chi connectivity index (χ1v) is 9.82. The summed E-state index contributed by atoms with van der Waals surface area (Å²) in [5, 5.41) is 0. The van der Waals surface area contributed by atoms with Gasteiger partial charge in [-0.3, -0.25) is 0 Å². The second kappa shape index (κ2) is 10.8. The number of nitrogens with two attached hydrogens (primary N) is 1. The number of sulfonamides is 1. The van der Waals surface area contributed by atoms with Gasteiger partial charge in [0.05, 0.1) is 4.90 Å². The normalized spacial score (nSPS) is 19.9. The van der Waals surface area contributed by atoms with Crippen LogP contribution < -0.4 is 10.5 Å². The second-order valence-corrected chi connectivity index (χ2v) is 7.86. The number of hydrogen-bond acceptors (Lipinski definition) is 3. The van der Waals surface area contributed by atoms with E-state index in [0.29, 0.717) is 4.90 Å². The number of rotatable bonds is 3. The van der Waals surface area contributed by atoms with E-state index >= 15 is 0 Å². The topological polar surface area (TPSA) is 72.2 Å². The van der Waals surface area contributed by atoms with Crippen molar-refractivity contribution in [3.63, 3.8) is 0 Å². The number of aryl methyl sites for hydroxylation is 1. The first-order chi connectivity index (χ1) is 11.5. The summed E-state index contributed by atoms with van der Waals surface area (Å²) < 4.78 is 27.1. The van der Waals surface area contributed by atoms with Crippen molar-refractivity contribution in [1.29, 1.82) is 0 Å². The maximum atomic E-state index is 12.2. The van der Waals surface area contributed by atoms with E-state index in [-0.39, 0.29) is 31.6 Å². The van der Waals surface area contributed by atoms with Crippen LogP contribution in [0.5, 0.6) is 0 Å². The Labute approximate surface area is 164 Å². The molecule has 2 aromatic carbocycles. The average Bonchev–Trinajstić information content (AvgIpc) is 2.59. The van der Waals surface area contributed by atoms with Gasteiger partial charge in [-0.25, -0.2) is 13.1 Å². The zero-order chi connectivity index (χ0) is 17.4. The summed E-state index contributed by atoms with van der Waals surface area (Å²) in [7, 11) is -3.44. The van der Waals surface area contributed by atoms with E-state index < -0.39 is 10.0 Å². The fraction of sp³-hybridized carbons (Fsp3) is 0.368.